The fourth-order valence-corrected chi connectivity index (χ4v) is 2.98. The molecule has 2 unspecified atom stereocenters. The van der Waals surface area contributed by atoms with E-state index in [1.807, 2.05) is 26.2 Å². The van der Waals surface area contributed by atoms with Gasteiger partial charge in [-0.2, -0.15) is 0 Å². The molecule has 0 aliphatic carbocycles. The highest BCUT2D eigenvalue weighted by molar-refractivity contribution is 6.30. The second-order valence-corrected chi connectivity index (χ2v) is 7.05. The number of benzene rings is 1. The van der Waals surface area contributed by atoms with Crippen molar-refractivity contribution in [1.29, 1.82) is 0 Å². The van der Waals surface area contributed by atoms with Gasteiger partial charge in [-0.3, -0.25) is 9.59 Å². The van der Waals surface area contributed by atoms with Crippen molar-refractivity contribution in [1.82, 2.24) is 15.5 Å². The minimum Gasteiger partial charge on any atom is -0.355 e. The molecule has 132 valence electrons. The topological polar surface area (TPSA) is 61.4 Å². The molecule has 0 aromatic heterocycles. The number of nitrogens with one attached hydrogen (secondary N) is 2. The van der Waals surface area contributed by atoms with Crippen LogP contribution in [0.3, 0.4) is 0 Å². The summed E-state index contributed by atoms with van der Waals surface area (Å²) in [5.41, 5.74) is 0.959. The van der Waals surface area contributed by atoms with E-state index in [4.69, 9.17) is 11.6 Å². The Hall–Kier alpha value is -1.43. The summed E-state index contributed by atoms with van der Waals surface area (Å²) >= 11 is 5.86. The predicted molar refractivity (Wildman–Crippen MR) is 96.2 cm³/mol. The van der Waals surface area contributed by atoms with E-state index < -0.39 is 0 Å². The molecule has 2 N–H and O–H groups in total. The molecule has 1 amide bonds. The molecule has 1 aliphatic rings. The fraction of sp³-hybridized carbons (Fsp3) is 0.556. The van der Waals surface area contributed by atoms with Crippen LogP contribution in [0.4, 0.5) is 0 Å². The average molecular weight is 352 g/mol. The molecule has 0 saturated carbocycles. The summed E-state index contributed by atoms with van der Waals surface area (Å²) in [6.07, 6.45) is 1.89. The third-order valence-corrected chi connectivity index (χ3v) is 4.53. The molecule has 1 saturated heterocycles. The van der Waals surface area contributed by atoms with Crippen molar-refractivity contribution in [3.63, 3.8) is 0 Å². The van der Waals surface area contributed by atoms with E-state index in [2.05, 4.69) is 15.5 Å². The molecular weight excluding hydrogens is 326 g/mol. The number of carbonyl (C=O) groups is 2. The van der Waals surface area contributed by atoms with Gasteiger partial charge in [-0.1, -0.05) is 23.7 Å². The highest BCUT2D eigenvalue weighted by atomic mass is 35.5. The maximum atomic E-state index is 12.4. The lowest BCUT2D eigenvalue weighted by Crippen LogP contribution is -2.41. The Kier molecular flexibility index (Phi) is 7.21. The van der Waals surface area contributed by atoms with Crippen molar-refractivity contribution in [2.24, 2.45) is 5.92 Å². The van der Waals surface area contributed by atoms with Crippen LogP contribution in [0.25, 0.3) is 0 Å². The van der Waals surface area contributed by atoms with Gasteiger partial charge < -0.3 is 15.5 Å². The van der Waals surface area contributed by atoms with Crippen LogP contribution in [-0.4, -0.2) is 56.4 Å². The number of halogens is 1. The molecule has 1 aromatic carbocycles. The number of Topliss-reactive ketones (excluding diaryl/α,β-unsaturated/α-hetero) is 1. The van der Waals surface area contributed by atoms with Crippen LogP contribution in [-0.2, 0) is 16.0 Å². The highest BCUT2D eigenvalue weighted by Gasteiger charge is 2.33. The van der Waals surface area contributed by atoms with Gasteiger partial charge in [0, 0.05) is 30.5 Å². The molecule has 2 rings (SSSR count). The molecule has 2 atom stereocenters. The summed E-state index contributed by atoms with van der Waals surface area (Å²) in [5.74, 6) is 0.0708. The SMILES string of the molecule is CN(C)CCCNC(=O)C1CC(C(=O)Cc2ccc(Cl)cc2)CN1. The van der Waals surface area contributed by atoms with Gasteiger partial charge in [-0.25, -0.2) is 0 Å². The van der Waals surface area contributed by atoms with Crippen LogP contribution in [0.1, 0.15) is 18.4 Å². The van der Waals surface area contributed by atoms with Crippen molar-refractivity contribution < 1.29 is 9.59 Å². The summed E-state index contributed by atoms with van der Waals surface area (Å²) in [7, 11) is 4.02. The van der Waals surface area contributed by atoms with Crippen molar-refractivity contribution in [2.75, 3.05) is 33.7 Å². The molecule has 1 aliphatic heterocycles. The van der Waals surface area contributed by atoms with Crippen molar-refractivity contribution >= 4 is 23.3 Å². The highest BCUT2D eigenvalue weighted by Crippen LogP contribution is 2.18. The number of ketones is 1. The molecule has 6 heteroatoms. The maximum absolute atomic E-state index is 12.4. The van der Waals surface area contributed by atoms with Crippen LogP contribution < -0.4 is 10.6 Å². The number of hydrogen-bond acceptors (Lipinski definition) is 4. The van der Waals surface area contributed by atoms with E-state index >= 15 is 0 Å². The fourth-order valence-electron chi connectivity index (χ4n) is 2.86. The number of amides is 1. The Bertz CT molecular complexity index is 560. The van der Waals surface area contributed by atoms with Gasteiger partial charge in [-0.15, -0.1) is 0 Å². The predicted octanol–water partition coefficient (Wildman–Crippen LogP) is 1.50. The van der Waals surface area contributed by atoms with E-state index in [1.54, 1.807) is 12.1 Å². The Morgan fingerprint density at radius 2 is 2.00 bits per heavy atom. The second kappa shape index (κ2) is 9.16. The van der Waals surface area contributed by atoms with E-state index in [9.17, 15) is 9.59 Å². The molecule has 0 bridgehead atoms. The summed E-state index contributed by atoms with van der Waals surface area (Å²) in [6, 6.07) is 7.07. The number of rotatable bonds is 8. The van der Waals surface area contributed by atoms with Crippen molar-refractivity contribution in [2.45, 2.75) is 25.3 Å². The lowest BCUT2D eigenvalue weighted by Gasteiger charge is -2.13. The molecule has 1 aromatic rings. The minimum absolute atomic E-state index is 0.00412. The smallest absolute Gasteiger partial charge is 0.237 e. The van der Waals surface area contributed by atoms with E-state index in [1.165, 1.54) is 0 Å². The second-order valence-electron chi connectivity index (χ2n) is 6.61. The zero-order valence-electron chi connectivity index (χ0n) is 14.3. The van der Waals surface area contributed by atoms with Gasteiger partial charge in [0.2, 0.25) is 5.91 Å². The third-order valence-electron chi connectivity index (χ3n) is 4.28. The summed E-state index contributed by atoms with van der Waals surface area (Å²) in [4.78, 5) is 26.6. The lowest BCUT2D eigenvalue weighted by atomic mass is 9.95. The van der Waals surface area contributed by atoms with E-state index in [0.29, 0.717) is 31.0 Å². The van der Waals surface area contributed by atoms with Crippen molar-refractivity contribution in [3.05, 3.63) is 34.9 Å². The zero-order chi connectivity index (χ0) is 17.5. The van der Waals surface area contributed by atoms with E-state index in [0.717, 1.165) is 18.5 Å². The lowest BCUT2D eigenvalue weighted by molar-refractivity contribution is -0.123. The molecule has 1 fully saturated rings. The van der Waals surface area contributed by atoms with Gasteiger partial charge in [0.1, 0.15) is 5.78 Å². The maximum Gasteiger partial charge on any atom is 0.237 e. The summed E-state index contributed by atoms with van der Waals surface area (Å²) in [6.45, 7) is 2.18. The Morgan fingerprint density at radius 3 is 2.67 bits per heavy atom. The first-order valence-corrected chi connectivity index (χ1v) is 8.76. The molecule has 5 nitrogen and oxygen atoms in total. The van der Waals surface area contributed by atoms with Gasteiger partial charge in [0.05, 0.1) is 6.04 Å². The molecule has 0 spiro atoms. The van der Waals surface area contributed by atoms with E-state index in [-0.39, 0.29) is 23.7 Å². The van der Waals surface area contributed by atoms with Gasteiger partial charge in [0.25, 0.3) is 0 Å². The molecular formula is C18H26ClN3O2. The first-order valence-electron chi connectivity index (χ1n) is 8.38. The van der Waals surface area contributed by atoms with Crippen LogP contribution in [0.15, 0.2) is 24.3 Å². The van der Waals surface area contributed by atoms with Crippen LogP contribution >= 0.6 is 11.6 Å². The standard InChI is InChI=1S/C18H26ClN3O2/c1-22(2)9-3-8-20-18(24)16-11-14(12-21-16)17(23)10-13-4-6-15(19)7-5-13/h4-7,14,16,21H,3,8-12H2,1-2H3,(H,20,24). The van der Waals surface area contributed by atoms with Crippen LogP contribution in [0.2, 0.25) is 5.02 Å². The first kappa shape index (κ1) is 18.9. The Balaban J connectivity index is 1.74. The van der Waals surface area contributed by atoms with Gasteiger partial charge >= 0.3 is 0 Å². The van der Waals surface area contributed by atoms with Crippen LogP contribution in [0, 0.1) is 5.92 Å². The average Bonchev–Trinajstić information content (AvgIpc) is 3.03. The number of hydrogen-bond donors (Lipinski definition) is 2. The normalized spacial score (nSPS) is 20.3. The zero-order valence-corrected chi connectivity index (χ0v) is 15.1. The first-order chi connectivity index (χ1) is 11.5. The largest absolute Gasteiger partial charge is 0.355 e. The summed E-state index contributed by atoms with van der Waals surface area (Å²) < 4.78 is 0. The van der Waals surface area contributed by atoms with Crippen LogP contribution in [0.5, 0.6) is 0 Å². The molecule has 0 radical (unpaired) electrons. The number of carbonyl (C=O) groups excluding carboxylic acids is 2. The monoisotopic (exact) mass is 351 g/mol. The molecule has 1 heterocycles. The Morgan fingerprint density at radius 1 is 1.29 bits per heavy atom. The third kappa shape index (κ3) is 5.89. The minimum atomic E-state index is -0.261. The number of nitrogens with zero attached hydrogens (tertiary/aromatic N) is 1. The Labute approximate surface area is 148 Å². The van der Waals surface area contributed by atoms with Gasteiger partial charge in [0.15, 0.2) is 0 Å². The van der Waals surface area contributed by atoms with Gasteiger partial charge in [-0.05, 0) is 51.2 Å². The quantitative estimate of drug-likeness (QED) is 0.697. The van der Waals surface area contributed by atoms with Crippen molar-refractivity contribution in [3.8, 4) is 0 Å². The molecule has 24 heavy (non-hydrogen) atoms. The summed E-state index contributed by atoms with van der Waals surface area (Å²) in [5, 5.41) is 6.78.